The smallest absolute Gasteiger partial charge is 0.234 e. The molecule has 0 atom stereocenters. The molecule has 1 aromatic carbocycles. The number of ether oxygens (including phenoxy) is 1. The van der Waals surface area contributed by atoms with Gasteiger partial charge in [0.1, 0.15) is 12.4 Å². The first-order valence-electron chi connectivity index (χ1n) is 6.37. The molecule has 0 aromatic heterocycles. The molecule has 1 rings (SSSR count). The van der Waals surface area contributed by atoms with Gasteiger partial charge in [0.25, 0.3) is 0 Å². The lowest BCUT2D eigenvalue weighted by Crippen LogP contribution is -2.36. The van der Waals surface area contributed by atoms with Crippen molar-refractivity contribution in [3.63, 3.8) is 0 Å². The average Bonchev–Trinajstić information content (AvgIpc) is 2.38. The summed E-state index contributed by atoms with van der Waals surface area (Å²) in [7, 11) is 1.89. The second-order valence-corrected chi connectivity index (χ2v) is 4.49. The number of likely N-dealkylation sites (N-methyl/N-ethyl adjacent to an activating group) is 1. The first-order valence-corrected chi connectivity index (χ1v) is 6.37. The van der Waals surface area contributed by atoms with E-state index in [1.807, 2.05) is 43.1 Å². The van der Waals surface area contributed by atoms with Gasteiger partial charge in [-0.15, -0.1) is 6.58 Å². The minimum Gasteiger partial charge on any atom is -0.492 e. The standard InChI is InChI=1S/C15H22N2O2/c1-4-9-16-15(18)12-17(3)10-11-19-14-7-5-13(2)6-8-14/h4-8H,1,9-12H2,2-3H3,(H,16,18). The molecule has 104 valence electrons. The number of aryl methyl sites for hydroxylation is 1. The van der Waals surface area contributed by atoms with Crippen LogP contribution in [0.25, 0.3) is 0 Å². The molecule has 19 heavy (non-hydrogen) atoms. The van der Waals surface area contributed by atoms with Crippen LogP contribution in [0.2, 0.25) is 0 Å². The SMILES string of the molecule is C=CCNC(=O)CN(C)CCOc1ccc(C)cc1. The first kappa shape index (κ1) is 15.2. The summed E-state index contributed by atoms with van der Waals surface area (Å²) < 4.78 is 5.60. The molecule has 0 unspecified atom stereocenters. The number of hydrogen-bond donors (Lipinski definition) is 1. The number of amides is 1. The van der Waals surface area contributed by atoms with E-state index in [1.54, 1.807) is 6.08 Å². The molecule has 4 heteroatoms. The predicted molar refractivity (Wildman–Crippen MR) is 77.4 cm³/mol. The quantitative estimate of drug-likeness (QED) is 0.724. The second kappa shape index (κ2) is 8.32. The van der Waals surface area contributed by atoms with E-state index in [0.717, 1.165) is 5.75 Å². The van der Waals surface area contributed by atoms with Crippen LogP contribution in [0, 0.1) is 6.92 Å². The Balaban J connectivity index is 2.19. The average molecular weight is 262 g/mol. The highest BCUT2D eigenvalue weighted by Gasteiger charge is 2.05. The van der Waals surface area contributed by atoms with Crippen molar-refractivity contribution >= 4 is 5.91 Å². The van der Waals surface area contributed by atoms with Gasteiger partial charge in [-0.25, -0.2) is 0 Å². The Morgan fingerprint density at radius 1 is 1.42 bits per heavy atom. The molecule has 0 aliphatic heterocycles. The maximum atomic E-state index is 11.4. The lowest BCUT2D eigenvalue weighted by Gasteiger charge is -2.16. The lowest BCUT2D eigenvalue weighted by molar-refractivity contribution is -0.121. The van der Waals surface area contributed by atoms with E-state index in [2.05, 4.69) is 11.9 Å². The number of nitrogens with zero attached hydrogens (tertiary/aromatic N) is 1. The maximum Gasteiger partial charge on any atom is 0.234 e. The van der Waals surface area contributed by atoms with Crippen LogP contribution < -0.4 is 10.1 Å². The van der Waals surface area contributed by atoms with Crippen molar-refractivity contribution in [2.45, 2.75) is 6.92 Å². The number of carbonyl (C=O) groups excluding carboxylic acids is 1. The Morgan fingerprint density at radius 2 is 2.11 bits per heavy atom. The molecule has 1 aromatic rings. The summed E-state index contributed by atoms with van der Waals surface area (Å²) in [5, 5.41) is 2.74. The van der Waals surface area contributed by atoms with Gasteiger partial charge in [0.2, 0.25) is 5.91 Å². The molecule has 0 heterocycles. The molecule has 0 radical (unpaired) electrons. The van der Waals surface area contributed by atoms with Crippen LogP contribution in [0.15, 0.2) is 36.9 Å². The van der Waals surface area contributed by atoms with E-state index in [-0.39, 0.29) is 5.91 Å². The van der Waals surface area contributed by atoms with Gasteiger partial charge >= 0.3 is 0 Å². The van der Waals surface area contributed by atoms with E-state index in [4.69, 9.17) is 4.74 Å². The van der Waals surface area contributed by atoms with Gasteiger partial charge in [-0.3, -0.25) is 9.69 Å². The van der Waals surface area contributed by atoms with E-state index in [0.29, 0.717) is 26.2 Å². The minimum atomic E-state index is -0.00210. The van der Waals surface area contributed by atoms with Gasteiger partial charge < -0.3 is 10.1 Å². The van der Waals surface area contributed by atoms with Crippen LogP contribution in [-0.4, -0.2) is 44.1 Å². The lowest BCUT2D eigenvalue weighted by atomic mass is 10.2. The van der Waals surface area contributed by atoms with E-state index in [9.17, 15) is 4.79 Å². The van der Waals surface area contributed by atoms with Gasteiger partial charge in [0.05, 0.1) is 6.54 Å². The normalized spacial score (nSPS) is 10.3. The molecule has 0 fully saturated rings. The van der Waals surface area contributed by atoms with E-state index in [1.165, 1.54) is 5.56 Å². The highest BCUT2D eigenvalue weighted by Crippen LogP contribution is 2.10. The van der Waals surface area contributed by atoms with Crippen molar-refractivity contribution in [3.05, 3.63) is 42.5 Å². The third-order valence-electron chi connectivity index (χ3n) is 2.62. The summed E-state index contributed by atoms with van der Waals surface area (Å²) in [5.41, 5.74) is 1.21. The third kappa shape index (κ3) is 6.62. The molecular weight excluding hydrogens is 240 g/mol. The van der Waals surface area contributed by atoms with E-state index >= 15 is 0 Å². The van der Waals surface area contributed by atoms with Crippen molar-refractivity contribution in [1.82, 2.24) is 10.2 Å². The Kier molecular flexibility index (Phi) is 6.68. The van der Waals surface area contributed by atoms with Gasteiger partial charge in [-0.05, 0) is 26.1 Å². The molecule has 1 amide bonds. The molecule has 0 bridgehead atoms. The number of carbonyl (C=O) groups is 1. The molecule has 0 saturated heterocycles. The van der Waals surface area contributed by atoms with Crippen molar-refractivity contribution in [3.8, 4) is 5.75 Å². The number of hydrogen-bond acceptors (Lipinski definition) is 3. The van der Waals surface area contributed by atoms with Crippen molar-refractivity contribution < 1.29 is 9.53 Å². The van der Waals surface area contributed by atoms with Gasteiger partial charge in [-0.1, -0.05) is 23.8 Å². The maximum absolute atomic E-state index is 11.4. The highest BCUT2D eigenvalue weighted by molar-refractivity contribution is 5.78. The molecule has 1 N–H and O–H groups in total. The highest BCUT2D eigenvalue weighted by atomic mass is 16.5. The second-order valence-electron chi connectivity index (χ2n) is 4.49. The molecular formula is C15H22N2O2. The monoisotopic (exact) mass is 262 g/mol. The summed E-state index contributed by atoms with van der Waals surface area (Å²) in [5.74, 6) is 0.854. The summed E-state index contributed by atoms with van der Waals surface area (Å²) >= 11 is 0. The zero-order chi connectivity index (χ0) is 14.1. The van der Waals surface area contributed by atoms with E-state index < -0.39 is 0 Å². The Labute approximate surface area is 115 Å². The summed E-state index contributed by atoms with van der Waals surface area (Å²) in [6.07, 6.45) is 1.67. The number of benzene rings is 1. The Hall–Kier alpha value is -1.81. The summed E-state index contributed by atoms with van der Waals surface area (Å²) in [6, 6.07) is 7.93. The fourth-order valence-electron chi connectivity index (χ4n) is 1.52. The third-order valence-corrected chi connectivity index (χ3v) is 2.62. The van der Waals surface area contributed by atoms with Gasteiger partial charge in [0.15, 0.2) is 0 Å². The molecule has 0 aliphatic carbocycles. The topological polar surface area (TPSA) is 41.6 Å². The van der Waals surface area contributed by atoms with Crippen LogP contribution in [-0.2, 0) is 4.79 Å². The Morgan fingerprint density at radius 3 is 2.74 bits per heavy atom. The van der Waals surface area contributed by atoms with Crippen LogP contribution in [0.4, 0.5) is 0 Å². The predicted octanol–water partition coefficient (Wildman–Crippen LogP) is 1.61. The van der Waals surface area contributed by atoms with Crippen LogP contribution in [0.3, 0.4) is 0 Å². The van der Waals surface area contributed by atoms with Crippen LogP contribution in [0.5, 0.6) is 5.75 Å². The first-order chi connectivity index (χ1) is 9.11. The van der Waals surface area contributed by atoms with Crippen molar-refractivity contribution in [1.29, 1.82) is 0 Å². The van der Waals surface area contributed by atoms with Crippen LogP contribution in [0.1, 0.15) is 5.56 Å². The van der Waals surface area contributed by atoms with Gasteiger partial charge in [0, 0.05) is 13.1 Å². The fraction of sp³-hybridized carbons (Fsp3) is 0.400. The fourth-order valence-corrected chi connectivity index (χ4v) is 1.52. The van der Waals surface area contributed by atoms with Crippen molar-refractivity contribution in [2.75, 3.05) is 33.3 Å². The molecule has 0 saturated carbocycles. The molecule has 0 aliphatic rings. The van der Waals surface area contributed by atoms with Crippen LogP contribution >= 0.6 is 0 Å². The van der Waals surface area contributed by atoms with Crippen molar-refractivity contribution in [2.24, 2.45) is 0 Å². The zero-order valence-corrected chi connectivity index (χ0v) is 11.7. The zero-order valence-electron chi connectivity index (χ0n) is 11.7. The molecule has 0 spiro atoms. The molecule has 4 nitrogen and oxygen atoms in total. The summed E-state index contributed by atoms with van der Waals surface area (Å²) in [6.45, 7) is 7.73. The largest absolute Gasteiger partial charge is 0.492 e. The Bertz CT molecular complexity index is 401. The minimum absolute atomic E-state index is 0.00210. The summed E-state index contributed by atoms with van der Waals surface area (Å²) in [4.78, 5) is 13.4. The number of rotatable bonds is 8. The van der Waals surface area contributed by atoms with Gasteiger partial charge in [-0.2, -0.15) is 0 Å². The number of nitrogens with one attached hydrogen (secondary N) is 1.